The summed E-state index contributed by atoms with van der Waals surface area (Å²) in [5, 5.41) is 0.383. The van der Waals surface area contributed by atoms with Crippen LogP contribution in [-0.4, -0.2) is 30.8 Å². The minimum absolute atomic E-state index is 0.0857. The number of rotatable bonds is 4. The Morgan fingerprint density at radius 2 is 2.00 bits per heavy atom. The summed E-state index contributed by atoms with van der Waals surface area (Å²) < 4.78 is 28.7. The summed E-state index contributed by atoms with van der Waals surface area (Å²) in [5.74, 6) is 0. The Balaban J connectivity index is 2.11. The fraction of sp³-hybridized carbons (Fsp3) is 0.615. The van der Waals surface area contributed by atoms with Gasteiger partial charge in [0.15, 0.2) is 0 Å². The molecular formula is C13H20ClN3O2S. The standard InChI is InChI=1S/C13H20ClN3O2S/c1-10-8-11(9-15-13(10)14)16-20(18,19)17(2)12-6-4-3-5-7-12/h8-9,12,16H,3-7H2,1-2H3. The van der Waals surface area contributed by atoms with Gasteiger partial charge in [-0.25, -0.2) is 4.98 Å². The van der Waals surface area contributed by atoms with Gasteiger partial charge in [-0.2, -0.15) is 12.7 Å². The van der Waals surface area contributed by atoms with E-state index in [4.69, 9.17) is 11.6 Å². The van der Waals surface area contributed by atoms with Gasteiger partial charge < -0.3 is 0 Å². The number of aromatic nitrogens is 1. The maximum absolute atomic E-state index is 12.3. The molecule has 0 unspecified atom stereocenters. The molecule has 0 aliphatic heterocycles. The lowest BCUT2D eigenvalue weighted by Crippen LogP contribution is -2.41. The Kier molecular flexibility index (Phi) is 4.88. The second-order valence-corrected chi connectivity index (χ2v) is 7.34. The number of halogens is 1. The highest BCUT2D eigenvalue weighted by atomic mass is 35.5. The SMILES string of the molecule is Cc1cc(NS(=O)(=O)N(C)C2CCCCC2)cnc1Cl. The average molecular weight is 318 g/mol. The molecule has 112 valence electrons. The molecule has 0 bridgehead atoms. The summed E-state index contributed by atoms with van der Waals surface area (Å²) in [4.78, 5) is 3.95. The van der Waals surface area contributed by atoms with Crippen LogP contribution in [0.25, 0.3) is 0 Å². The number of nitrogens with one attached hydrogen (secondary N) is 1. The predicted octanol–water partition coefficient (Wildman–Crippen LogP) is 2.96. The van der Waals surface area contributed by atoms with Gasteiger partial charge in [0.25, 0.3) is 0 Å². The van der Waals surface area contributed by atoms with Crippen molar-refractivity contribution in [3.63, 3.8) is 0 Å². The Bertz CT molecular complexity index is 571. The number of hydrogen-bond donors (Lipinski definition) is 1. The lowest BCUT2D eigenvalue weighted by atomic mass is 9.96. The highest BCUT2D eigenvalue weighted by molar-refractivity contribution is 7.90. The molecule has 0 saturated heterocycles. The Morgan fingerprint density at radius 1 is 1.35 bits per heavy atom. The summed E-state index contributed by atoms with van der Waals surface area (Å²) in [6, 6.07) is 1.77. The molecule has 0 radical (unpaired) electrons. The summed E-state index contributed by atoms with van der Waals surface area (Å²) in [6.45, 7) is 1.79. The molecule has 0 atom stereocenters. The normalized spacial score (nSPS) is 17.4. The Morgan fingerprint density at radius 3 is 2.60 bits per heavy atom. The van der Waals surface area contributed by atoms with Gasteiger partial charge >= 0.3 is 10.2 Å². The van der Waals surface area contributed by atoms with E-state index in [0.29, 0.717) is 10.8 Å². The summed E-state index contributed by atoms with van der Waals surface area (Å²) in [5.41, 5.74) is 1.18. The van der Waals surface area contributed by atoms with Crippen LogP contribution in [-0.2, 0) is 10.2 Å². The first-order chi connectivity index (χ1) is 9.40. The Hall–Kier alpha value is -0.850. The third kappa shape index (κ3) is 3.62. The van der Waals surface area contributed by atoms with Crippen molar-refractivity contribution >= 4 is 27.5 Å². The smallest absolute Gasteiger partial charge is 0.269 e. The molecule has 0 amide bonds. The molecule has 0 aromatic carbocycles. The van der Waals surface area contributed by atoms with E-state index in [-0.39, 0.29) is 6.04 Å². The third-order valence-electron chi connectivity index (χ3n) is 3.73. The van der Waals surface area contributed by atoms with E-state index in [2.05, 4.69) is 9.71 Å². The van der Waals surface area contributed by atoms with Crippen molar-refractivity contribution in [3.05, 3.63) is 23.0 Å². The van der Waals surface area contributed by atoms with Crippen LogP contribution in [0, 0.1) is 6.92 Å². The monoisotopic (exact) mass is 317 g/mol. The molecule has 1 aromatic heterocycles. The van der Waals surface area contributed by atoms with Crippen molar-refractivity contribution in [1.82, 2.24) is 9.29 Å². The van der Waals surface area contributed by atoms with Gasteiger partial charge in [0.05, 0.1) is 11.9 Å². The lowest BCUT2D eigenvalue weighted by Gasteiger charge is -2.30. The molecular weight excluding hydrogens is 298 g/mol. The zero-order valence-electron chi connectivity index (χ0n) is 11.8. The van der Waals surface area contributed by atoms with E-state index < -0.39 is 10.2 Å². The van der Waals surface area contributed by atoms with Crippen molar-refractivity contribution in [2.24, 2.45) is 0 Å². The maximum atomic E-state index is 12.3. The molecule has 0 spiro atoms. The lowest BCUT2D eigenvalue weighted by molar-refractivity contribution is 0.287. The zero-order chi connectivity index (χ0) is 14.8. The van der Waals surface area contributed by atoms with Crippen molar-refractivity contribution in [2.45, 2.75) is 45.1 Å². The second-order valence-electron chi connectivity index (χ2n) is 5.25. The molecule has 7 heteroatoms. The number of anilines is 1. The second kappa shape index (κ2) is 6.28. The van der Waals surface area contributed by atoms with Crippen LogP contribution < -0.4 is 4.72 Å². The van der Waals surface area contributed by atoms with Crippen LogP contribution >= 0.6 is 11.6 Å². The molecule has 1 N–H and O–H groups in total. The highest BCUT2D eigenvalue weighted by Gasteiger charge is 2.27. The third-order valence-corrected chi connectivity index (χ3v) is 5.67. The van der Waals surface area contributed by atoms with E-state index in [1.54, 1.807) is 20.0 Å². The molecule has 1 aromatic rings. The molecule has 1 heterocycles. The van der Waals surface area contributed by atoms with E-state index >= 15 is 0 Å². The van der Waals surface area contributed by atoms with Gasteiger partial charge in [0, 0.05) is 13.1 Å². The molecule has 1 aliphatic rings. The fourth-order valence-electron chi connectivity index (χ4n) is 2.48. The topological polar surface area (TPSA) is 62.3 Å². The van der Waals surface area contributed by atoms with Crippen molar-refractivity contribution in [2.75, 3.05) is 11.8 Å². The summed E-state index contributed by atoms with van der Waals surface area (Å²) in [7, 11) is -1.91. The van der Waals surface area contributed by atoms with Crippen molar-refractivity contribution in [1.29, 1.82) is 0 Å². The van der Waals surface area contributed by atoms with Gasteiger partial charge in [0.2, 0.25) is 0 Å². The van der Waals surface area contributed by atoms with Crippen LogP contribution in [0.3, 0.4) is 0 Å². The van der Waals surface area contributed by atoms with Crippen molar-refractivity contribution < 1.29 is 8.42 Å². The minimum Gasteiger partial charge on any atom is -0.269 e. The molecule has 1 saturated carbocycles. The van der Waals surface area contributed by atoms with Gasteiger partial charge in [-0.3, -0.25) is 4.72 Å². The first-order valence-electron chi connectivity index (χ1n) is 6.78. The largest absolute Gasteiger partial charge is 0.301 e. The number of pyridine rings is 1. The first kappa shape index (κ1) is 15.5. The molecule has 20 heavy (non-hydrogen) atoms. The maximum Gasteiger partial charge on any atom is 0.301 e. The van der Waals surface area contributed by atoms with Gasteiger partial charge in [-0.15, -0.1) is 0 Å². The van der Waals surface area contributed by atoms with E-state index in [9.17, 15) is 8.42 Å². The molecule has 1 fully saturated rings. The molecule has 5 nitrogen and oxygen atoms in total. The van der Waals surface area contributed by atoms with Crippen LogP contribution in [0.2, 0.25) is 5.15 Å². The van der Waals surface area contributed by atoms with E-state index in [0.717, 1.165) is 31.2 Å². The highest BCUT2D eigenvalue weighted by Crippen LogP contribution is 2.24. The van der Waals surface area contributed by atoms with Gasteiger partial charge in [-0.05, 0) is 31.4 Å². The van der Waals surface area contributed by atoms with Crippen LogP contribution in [0.1, 0.15) is 37.7 Å². The van der Waals surface area contributed by atoms with Crippen LogP contribution in [0.5, 0.6) is 0 Å². The average Bonchev–Trinajstić information content (AvgIpc) is 2.43. The number of hydrogen-bond acceptors (Lipinski definition) is 3. The molecule has 1 aliphatic carbocycles. The molecule has 2 rings (SSSR count). The first-order valence-corrected chi connectivity index (χ1v) is 8.60. The van der Waals surface area contributed by atoms with Gasteiger partial charge in [0.1, 0.15) is 5.15 Å². The van der Waals surface area contributed by atoms with E-state index in [1.165, 1.54) is 16.9 Å². The minimum atomic E-state index is -3.54. The Labute approximate surface area is 125 Å². The fourth-order valence-corrected chi connectivity index (χ4v) is 3.74. The summed E-state index contributed by atoms with van der Waals surface area (Å²) in [6.07, 6.45) is 6.66. The van der Waals surface area contributed by atoms with Crippen LogP contribution in [0.4, 0.5) is 5.69 Å². The quantitative estimate of drug-likeness (QED) is 0.868. The zero-order valence-corrected chi connectivity index (χ0v) is 13.3. The van der Waals surface area contributed by atoms with E-state index in [1.807, 2.05) is 0 Å². The van der Waals surface area contributed by atoms with Crippen LogP contribution in [0.15, 0.2) is 12.3 Å². The number of nitrogens with zero attached hydrogens (tertiary/aromatic N) is 2. The van der Waals surface area contributed by atoms with Gasteiger partial charge in [-0.1, -0.05) is 30.9 Å². The summed E-state index contributed by atoms with van der Waals surface area (Å²) >= 11 is 5.84. The van der Waals surface area contributed by atoms with Crippen molar-refractivity contribution in [3.8, 4) is 0 Å². The predicted molar refractivity (Wildman–Crippen MR) is 81.2 cm³/mol. The number of aryl methyl sites for hydroxylation is 1.